The monoisotopic (exact) mass is 335 g/mol. The van der Waals surface area contributed by atoms with Crippen LogP contribution in [0.4, 0.5) is 0 Å². The Hall–Kier alpha value is -1.85. The number of carboxylic acid groups (broad SMARTS) is 1. The highest BCUT2D eigenvalue weighted by atomic mass is 16.4. The molecule has 24 heavy (non-hydrogen) atoms. The number of rotatable bonds is 6. The van der Waals surface area contributed by atoms with Gasteiger partial charge < -0.3 is 10.4 Å². The molecule has 6 heteroatoms. The number of nitrogens with one attached hydrogen (secondary N) is 1. The number of hydrogen-bond acceptors (Lipinski definition) is 3. The summed E-state index contributed by atoms with van der Waals surface area (Å²) < 4.78 is 1.99. The van der Waals surface area contributed by atoms with E-state index in [2.05, 4.69) is 24.3 Å². The Bertz CT molecular complexity index is 599. The van der Waals surface area contributed by atoms with Crippen molar-refractivity contribution in [3.8, 4) is 0 Å². The maximum absolute atomic E-state index is 12.4. The number of amides is 1. The maximum Gasteiger partial charge on any atom is 0.306 e. The van der Waals surface area contributed by atoms with Gasteiger partial charge in [0.15, 0.2) is 0 Å². The molecule has 0 atom stereocenters. The van der Waals surface area contributed by atoms with Crippen LogP contribution >= 0.6 is 0 Å². The molecule has 2 rings (SSSR count). The topological polar surface area (TPSA) is 84.2 Å². The Labute approximate surface area is 143 Å². The van der Waals surface area contributed by atoms with E-state index in [9.17, 15) is 9.59 Å². The normalized spacial score (nSPS) is 21.0. The van der Waals surface area contributed by atoms with Gasteiger partial charge in [0.25, 0.3) is 0 Å². The molecule has 0 unspecified atom stereocenters. The summed E-state index contributed by atoms with van der Waals surface area (Å²) >= 11 is 0. The molecule has 0 bridgehead atoms. The second-order valence-electron chi connectivity index (χ2n) is 7.36. The van der Waals surface area contributed by atoms with Crippen LogP contribution in [0.25, 0.3) is 0 Å². The summed E-state index contributed by atoms with van der Waals surface area (Å²) in [7, 11) is 0. The second kappa shape index (κ2) is 7.81. The van der Waals surface area contributed by atoms with E-state index in [1.54, 1.807) is 0 Å². The Balaban J connectivity index is 1.91. The molecule has 6 nitrogen and oxygen atoms in total. The lowest BCUT2D eigenvalue weighted by molar-refractivity contribution is -0.142. The highest BCUT2D eigenvalue weighted by Crippen LogP contribution is 2.24. The van der Waals surface area contributed by atoms with Crippen LogP contribution in [-0.4, -0.2) is 32.8 Å². The summed E-state index contributed by atoms with van der Waals surface area (Å²) in [5.41, 5.74) is 2.98. The molecule has 0 aliphatic heterocycles. The zero-order valence-electron chi connectivity index (χ0n) is 15.1. The molecule has 1 aromatic rings. The average molecular weight is 335 g/mol. The minimum absolute atomic E-state index is 0.00377. The van der Waals surface area contributed by atoms with Gasteiger partial charge in [0.1, 0.15) is 0 Å². The number of carboxylic acids is 1. The molecule has 1 aromatic heterocycles. The Morgan fingerprint density at radius 1 is 1.25 bits per heavy atom. The van der Waals surface area contributed by atoms with E-state index in [-0.39, 0.29) is 17.9 Å². The molecular formula is C18H29N3O3. The molecule has 0 saturated heterocycles. The molecule has 2 N–H and O–H groups in total. The quantitative estimate of drug-likeness (QED) is 0.836. The molecular weight excluding hydrogens is 306 g/mol. The SMILES string of the molecule is Cc1nn(CC(C)C)c(C)c1CC(=O)NC1CCC(C(=O)O)CC1. The minimum Gasteiger partial charge on any atom is -0.481 e. The summed E-state index contributed by atoms with van der Waals surface area (Å²) in [6.45, 7) is 9.12. The lowest BCUT2D eigenvalue weighted by atomic mass is 9.86. The third-order valence-electron chi connectivity index (χ3n) is 4.85. The second-order valence-corrected chi connectivity index (χ2v) is 7.36. The van der Waals surface area contributed by atoms with Gasteiger partial charge in [0, 0.05) is 23.8 Å². The van der Waals surface area contributed by atoms with Crippen molar-refractivity contribution in [2.75, 3.05) is 0 Å². The van der Waals surface area contributed by atoms with Crippen LogP contribution in [0, 0.1) is 25.7 Å². The van der Waals surface area contributed by atoms with E-state index < -0.39 is 5.97 Å². The molecule has 1 heterocycles. The van der Waals surface area contributed by atoms with Crippen molar-refractivity contribution in [2.24, 2.45) is 11.8 Å². The van der Waals surface area contributed by atoms with Crippen LogP contribution in [0.1, 0.15) is 56.5 Å². The van der Waals surface area contributed by atoms with Gasteiger partial charge in [0.2, 0.25) is 5.91 Å². The number of hydrogen-bond donors (Lipinski definition) is 2. The first-order valence-electron chi connectivity index (χ1n) is 8.83. The van der Waals surface area contributed by atoms with Gasteiger partial charge in [-0.3, -0.25) is 14.3 Å². The van der Waals surface area contributed by atoms with Crippen LogP contribution in [0.2, 0.25) is 0 Å². The van der Waals surface area contributed by atoms with Crippen molar-refractivity contribution in [3.63, 3.8) is 0 Å². The van der Waals surface area contributed by atoms with Gasteiger partial charge in [-0.25, -0.2) is 0 Å². The number of carbonyl (C=O) groups excluding carboxylic acids is 1. The third-order valence-corrected chi connectivity index (χ3v) is 4.85. The average Bonchev–Trinajstić information content (AvgIpc) is 2.74. The lowest BCUT2D eigenvalue weighted by Gasteiger charge is -2.26. The standard InChI is InChI=1S/C18H29N3O3/c1-11(2)10-21-13(4)16(12(3)20-21)9-17(22)19-15-7-5-14(6-8-15)18(23)24/h11,14-15H,5-10H2,1-4H3,(H,19,22)(H,23,24). The number of aliphatic carboxylic acids is 1. The number of nitrogens with zero attached hydrogens (tertiary/aromatic N) is 2. The van der Waals surface area contributed by atoms with Gasteiger partial charge in [-0.2, -0.15) is 5.10 Å². The van der Waals surface area contributed by atoms with Gasteiger partial charge in [0.05, 0.1) is 18.0 Å². The zero-order valence-corrected chi connectivity index (χ0v) is 15.1. The summed E-state index contributed by atoms with van der Waals surface area (Å²) in [6, 6.07) is 0.0967. The molecule has 1 fully saturated rings. The Morgan fingerprint density at radius 2 is 1.88 bits per heavy atom. The first-order valence-corrected chi connectivity index (χ1v) is 8.83. The maximum atomic E-state index is 12.4. The molecule has 1 aliphatic carbocycles. The van der Waals surface area contributed by atoms with E-state index in [0.717, 1.165) is 36.3 Å². The van der Waals surface area contributed by atoms with Crippen LogP contribution in [0.15, 0.2) is 0 Å². The molecule has 0 radical (unpaired) electrons. The molecule has 134 valence electrons. The summed E-state index contributed by atoms with van der Waals surface area (Å²) in [5, 5.41) is 16.6. The van der Waals surface area contributed by atoms with Crippen LogP contribution in [0.3, 0.4) is 0 Å². The summed E-state index contributed by atoms with van der Waals surface area (Å²) in [6.07, 6.45) is 3.12. The first kappa shape index (κ1) is 18.5. The van der Waals surface area contributed by atoms with Crippen molar-refractivity contribution in [2.45, 2.75) is 72.4 Å². The predicted octanol–water partition coefficient (Wildman–Crippen LogP) is 2.46. The fourth-order valence-corrected chi connectivity index (χ4v) is 3.44. The zero-order chi connectivity index (χ0) is 17.9. The molecule has 1 aliphatic rings. The van der Waals surface area contributed by atoms with E-state index in [0.29, 0.717) is 25.2 Å². The summed E-state index contributed by atoms with van der Waals surface area (Å²) in [5.74, 6) is -0.460. The van der Waals surface area contributed by atoms with Gasteiger partial charge >= 0.3 is 5.97 Å². The van der Waals surface area contributed by atoms with E-state index in [4.69, 9.17) is 5.11 Å². The van der Waals surface area contributed by atoms with Crippen LogP contribution < -0.4 is 5.32 Å². The van der Waals surface area contributed by atoms with Crippen molar-refractivity contribution < 1.29 is 14.7 Å². The predicted molar refractivity (Wildman–Crippen MR) is 91.8 cm³/mol. The fraction of sp³-hybridized carbons (Fsp3) is 0.722. The van der Waals surface area contributed by atoms with Gasteiger partial charge in [-0.05, 0) is 45.4 Å². The third kappa shape index (κ3) is 4.58. The van der Waals surface area contributed by atoms with E-state index in [1.165, 1.54) is 0 Å². The highest BCUT2D eigenvalue weighted by Gasteiger charge is 2.27. The van der Waals surface area contributed by atoms with Crippen molar-refractivity contribution in [3.05, 3.63) is 17.0 Å². The molecule has 0 spiro atoms. The van der Waals surface area contributed by atoms with Crippen molar-refractivity contribution >= 4 is 11.9 Å². The lowest BCUT2D eigenvalue weighted by Crippen LogP contribution is -2.39. The van der Waals surface area contributed by atoms with E-state index >= 15 is 0 Å². The minimum atomic E-state index is -0.719. The smallest absolute Gasteiger partial charge is 0.306 e. The number of aromatic nitrogens is 2. The molecule has 1 amide bonds. The first-order chi connectivity index (χ1) is 11.3. The molecule has 1 saturated carbocycles. The number of carbonyl (C=O) groups is 2. The van der Waals surface area contributed by atoms with Gasteiger partial charge in [-0.15, -0.1) is 0 Å². The van der Waals surface area contributed by atoms with Crippen molar-refractivity contribution in [1.82, 2.24) is 15.1 Å². The van der Waals surface area contributed by atoms with E-state index in [1.807, 2.05) is 18.5 Å². The number of aryl methyl sites for hydroxylation is 1. The largest absolute Gasteiger partial charge is 0.481 e. The summed E-state index contributed by atoms with van der Waals surface area (Å²) in [4.78, 5) is 23.3. The highest BCUT2D eigenvalue weighted by molar-refractivity contribution is 5.79. The Kier molecular flexibility index (Phi) is 6.02. The van der Waals surface area contributed by atoms with Gasteiger partial charge in [-0.1, -0.05) is 13.8 Å². The van der Waals surface area contributed by atoms with Crippen LogP contribution in [-0.2, 0) is 22.6 Å². The Morgan fingerprint density at radius 3 is 2.42 bits per heavy atom. The molecule has 0 aromatic carbocycles. The van der Waals surface area contributed by atoms with Crippen molar-refractivity contribution in [1.29, 1.82) is 0 Å². The van der Waals surface area contributed by atoms with Crippen LogP contribution in [0.5, 0.6) is 0 Å². The fourth-order valence-electron chi connectivity index (χ4n) is 3.44.